The highest BCUT2D eigenvalue weighted by Gasteiger charge is 2.31. The van der Waals surface area contributed by atoms with Gasteiger partial charge in [-0.3, -0.25) is 24.3 Å². The summed E-state index contributed by atoms with van der Waals surface area (Å²) in [5.74, 6) is 0.613. The molecule has 1 unspecified atom stereocenters. The number of nitrogens with two attached hydrogens (primary N) is 1. The Morgan fingerprint density at radius 2 is 1.92 bits per heavy atom. The number of hydrogen-bond donors (Lipinski definition) is 3. The molecule has 186 valence electrons. The number of nitrogens with zero attached hydrogens (tertiary/aromatic N) is 3. The first-order valence-electron chi connectivity index (χ1n) is 12.5. The van der Waals surface area contributed by atoms with E-state index in [4.69, 9.17) is 15.5 Å². The molecular weight excluding hydrogens is 468 g/mol. The van der Waals surface area contributed by atoms with Crippen molar-refractivity contribution < 1.29 is 4.74 Å². The zero-order valence-corrected chi connectivity index (χ0v) is 20.3. The van der Waals surface area contributed by atoms with Crippen LogP contribution in [0.15, 0.2) is 64.2 Å². The van der Waals surface area contributed by atoms with Crippen LogP contribution in [0.3, 0.4) is 0 Å². The van der Waals surface area contributed by atoms with Crippen molar-refractivity contribution in [1.29, 1.82) is 0 Å². The first-order valence-corrected chi connectivity index (χ1v) is 12.5. The Morgan fingerprint density at radius 1 is 1.05 bits per heavy atom. The Kier molecular flexibility index (Phi) is 4.77. The van der Waals surface area contributed by atoms with Crippen molar-refractivity contribution in [1.82, 2.24) is 24.6 Å². The smallest absolute Gasteiger partial charge is 0.275 e. The largest absolute Gasteiger partial charge is 0.487 e. The molecule has 2 aliphatic rings. The molecule has 1 fully saturated rings. The van der Waals surface area contributed by atoms with Crippen LogP contribution in [0.4, 0.5) is 5.69 Å². The van der Waals surface area contributed by atoms with E-state index < -0.39 is 0 Å². The molecule has 2 aliphatic heterocycles. The van der Waals surface area contributed by atoms with Crippen molar-refractivity contribution in [2.75, 3.05) is 18.8 Å². The average molecular weight is 495 g/mol. The molecule has 0 radical (unpaired) electrons. The fourth-order valence-electron chi connectivity index (χ4n) is 5.71. The molecule has 37 heavy (non-hydrogen) atoms. The van der Waals surface area contributed by atoms with Gasteiger partial charge in [0.15, 0.2) is 0 Å². The zero-order chi connectivity index (χ0) is 25.3. The van der Waals surface area contributed by atoms with Crippen LogP contribution < -0.4 is 21.6 Å². The summed E-state index contributed by atoms with van der Waals surface area (Å²) in [6, 6.07) is 17.2. The minimum atomic E-state index is -0.336. The van der Waals surface area contributed by atoms with Gasteiger partial charge in [-0.2, -0.15) is 0 Å². The number of fused-ring (bicyclic) bond motifs is 5. The van der Waals surface area contributed by atoms with Crippen molar-refractivity contribution in [3.05, 3.63) is 75.3 Å². The quantitative estimate of drug-likeness (QED) is 0.307. The van der Waals surface area contributed by atoms with Gasteiger partial charge in [-0.1, -0.05) is 24.3 Å². The molecule has 5 aromatic rings. The van der Waals surface area contributed by atoms with Crippen molar-refractivity contribution >= 4 is 27.6 Å². The van der Waals surface area contributed by atoms with Crippen molar-refractivity contribution in [2.24, 2.45) is 0 Å². The summed E-state index contributed by atoms with van der Waals surface area (Å²) in [5.41, 5.74) is 10.7. The lowest BCUT2D eigenvalue weighted by Gasteiger charge is -2.21. The Labute approximate surface area is 211 Å². The second kappa shape index (κ2) is 8.07. The maximum absolute atomic E-state index is 13.4. The standard InChI is InChI=1S/C28H26N6O3/c1-15-10-19-14-33(15)8-9-34-28(36)21-7-3-6-20(24(21)32-34)25-27(35)30-22-12-17(13-23(37-19)26(22)31-25)16-4-2-5-18(29)11-16/h2-7,11-13,15,19,32H,8-10,14,29H2,1H3,(H,30,35)/t15-,19+/m1/s1. The highest BCUT2D eigenvalue weighted by molar-refractivity contribution is 5.94. The molecule has 7 rings (SSSR count). The predicted octanol–water partition coefficient (Wildman–Crippen LogP) is 3.34. The van der Waals surface area contributed by atoms with Crippen LogP contribution in [0.5, 0.6) is 5.75 Å². The molecular formula is C28H26N6O3. The van der Waals surface area contributed by atoms with E-state index in [1.807, 2.05) is 42.5 Å². The third-order valence-electron chi connectivity index (χ3n) is 7.59. The summed E-state index contributed by atoms with van der Waals surface area (Å²) in [7, 11) is 0. The Morgan fingerprint density at radius 3 is 2.78 bits per heavy atom. The SMILES string of the molecule is C[C@@H]1C[C@H]2CN1CCn1[nH]c3c(cccc3c1=O)-c1nc3c(cc(-c4cccc(N)c4)cc3[nH]c1=O)O2. The summed E-state index contributed by atoms with van der Waals surface area (Å²) in [5, 5.41) is 3.78. The number of ether oxygens (including phenoxy) is 1. The van der Waals surface area contributed by atoms with Gasteiger partial charge in [-0.05, 0) is 48.4 Å². The number of anilines is 1. The molecule has 0 amide bonds. The molecule has 2 aromatic heterocycles. The minimum Gasteiger partial charge on any atom is -0.487 e. The highest BCUT2D eigenvalue weighted by Crippen LogP contribution is 2.35. The first kappa shape index (κ1) is 21.9. The van der Waals surface area contributed by atoms with Gasteiger partial charge in [0.25, 0.3) is 11.1 Å². The van der Waals surface area contributed by atoms with Gasteiger partial charge in [-0.25, -0.2) is 4.98 Å². The molecule has 0 aliphatic carbocycles. The van der Waals surface area contributed by atoms with Gasteiger partial charge in [0, 0.05) is 36.8 Å². The molecule has 3 aromatic carbocycles. The van der Waals surface area contributed by atoms with E-state index in [1.165, 1.54) is 0 Å². The molecule has 4 heterocycles. The molecule has 0 spiro atoms. The summed E-state index contributed by atoms with van der Waals surface area (Å²) < 4.78 is 8.24. The van der Waals surface area contributed by atoms with Gasteiger partial charge in [0.2, 0.25) is 0 Å². The van der Waals surface area contributed by atoms with Crippen LogP contribution in [0.1, 0.15) is 13.3 Å². The molecule has 3 atom stereocenters. The van der Waals surface area contributed by atoms with Gasteiger partial charge in [0.1, 0.15) is 23.1 Å². The number of rotatable bonds is 1. The number of para-hydroxylation sites is 1. The molecule has 4 N–H and O–H groups in total. The number of nitrogens with one attached hydrogen (secondary N) is 2. The fourth-order valence-corrected chi connectivity index (χ4v) is 5.71. The number of H-pyrrole nitrogens is 2. The van der Waals surface area contributed by atoms with E-state index in [9.17, 15) is 9.59 Å². The summed E-state index contributed by atoms with van der Waals surface area (Å²) in [4.78, 5) is 36.7. The monoisotopic (exact) mass is 494 g/mol. The fraction of sp³-hybridized carbons (Fsp3) is 0.250. The van der Waals surface area contributed by atoms with Crippen LogP contribution in [0.25, 0.3) is 44.3 Å². The lowest BCUT2D eigenvalue weighted by molar-refractivity contribution is 0.195. The molecule has 9 nitrogen and oxygen atoms in total. The molecule has 9 heteroatoms. The molecule has 0 saturated carbocycles. The maximum Gasteiger partial charge on any atom is 0.275 e. The van der Waals surface area contributed by atoms with Crippen molar-refractivity contribution in [3.63, 3.8) is 0 Å². The maximum atomic E-state index is 13.4. The number of hydrogen-bond acceptors (Lipinski definition) is 6. The van der Waals surface area contributed by atoms with Gasteiger partial charge in [-0.15, -0.1) is 0 Å². The Balaban J connectivity index is 1.52. The Bertz CT molecular complexity index is 1820. The second-order valence-corrected chi connectivity index (χ2v) is 10.0. The minimum absolute atomic E-state index is 0.0479. The topological polar surface area (TPSA) is 122 Å². The van der Waals surface area contributed by atoms with E-state index in [2.05, 4.69) is 21.9 Å². The predicted molar refractivity (Wildman–Crippen MR) is 144 cm³/mol. The van der Waals surface area contributed by atoms with Crippen molar-refractivity contribution in [3.8, 4) is 28.1 Å². The lowest BCUT2D eigenvalue weighted by Crippen LogP contribution is -2.33. The van der Waals surface area contributed by atoms with Crippen LogP contribution in [0.2, 0.25) is 0 Å². The van der Waals surface area contributed by atoms with E-state index in [0.29, 0.717) is 58.1 Å². The van der Waals surface area contributed by atoms with E-state index in [-0.39, 0.29) is 22.9 Å². The zero-order valence-electron chi connectivity index (χ0n) is 20.3. The molecule has 1 saturated heterocycles. The third kappa shape index (κ3) is 3.54. The summed E-state index contributed by atoms with van der Waals surface area (Å²) in [6.07, 6.45) is 0.804. The van der Waals surface area contributed by atoms with Crippen LogP contribution in [-0.4, -0.2) is 49.9 Å². The number of nitrogen functional groups attached to an aromatic ring is 1. The highest BCUT2D eigenvalue weighted by atomic mass is 16.5. The average Bonchev–Trinajstić information content (AvgIpc) is 3.40. The van der Waals surface area contributed by atoms with Crippen LogP contribution >= 0.6 is 0 Å². The van der Waals surface area contributed by atoms with Gasteiger partial charge < -0.3 is 15.5 Å². The number of benzene rings is 3. The number of aromatic amines is 2. The van der Waals surface area contributed by atoms with E-state index in [0.717, 1.165) is 24.1 Å². The second-order valence-electron chi connectivity index (χ2n) is 10.0. The summed E-state index contributed by atoms with van der Waals surface area (Å²) >= 11 is 0. The number of aromatic nitrogens is 4. The van der Waals surface area contributed by atoms with Gasteiger partial charge in [0.05, 0.1) is 23.0 Å². The first-order chi connectivity index (χ1) is 17.9. The molecule has 6 bridgehead atoms. The van der Waals surface area contributed by atoms with Crippen LogP contribution in [0, 0.1) is 0 Å². The van der Waals surface area contributed by atoms with E-state index in [1.54, 1.807) is 16.8 Å². The van der Waals surface area contributed by atoms with Gasteiger partial charge >= 0.3 is 0 Å². The normalized spacial score (nSPS) is 20.9. The Hall–Kier alpha value is -4.37. The van der Waals surface area contributed by atoms with Crippen molar-refractivity contribution in [2.45, 2.75) is 32.0 Å². The lowest BCUT2D eigenvalue weighted by atomic mass is 10.0. The van der Waals surface area contributed by atoms with E-state index >= 15 is 0 Å². The third-order valence-corrected chi connectivity index (χ3v) is 7.59. The van der Waals surface area contributed by atoms with Crippen LogP contribution in [-0.2, 0) is 6.54 Å². The summed E-state index contributed by atoms with van der Waals surface area (Å²) in [6.45, 7) is 4.15.